The summed E-state index contributed by atoms with van der Waals surface area (Å²) in [5, 5.41) is 8.31. The van der Waals surface area contributed by atoms with Crippen LogP contribution in [0, 0.1) is 0 Å². The Bertz CT molecular complexity index is 377. The summed E-state index contributed by atoms with van der Waals surface area (Å²) >= 11 is 6.14. The lowest BCUT2D eigenvalue weighted by molar-refractivity contribution is -0.137. The van der Waals surface area contributed by atoms with Crippen molar-refractivity contribution in [3.63, 3.8) is 0 Å². The van der Waals surface area contributed by atoms with Gasteiger partial charge in [0.25, 0.3) is 0 Å². The highest BCUT2D eigenvalue weighted by molar-refractivity contribution is 6.20. The molecule has 1 rings (SSSR count). The number of alkyl halides is 1. The zero-order valence-electron chi connectivity index (χ0n) is 10.0. The first kappa shape index (κ1) is 13.8. The highest BCUT2D eigenvalue weighted by Gasteiger charge is 2.11. The van der Waals surface area contributed by atoms with Gasteiger partial charge >= 0.3 is 5.97 Å². The predicted octanol–water partition coefficient (Wildman–Crippen LogP) is 3.62. The van der Waals surface area contributed by atoms with Crippen molar-refractivity contribution in [2.75, 3.05) is 0 Å². The van der Waals surface area contributed by atoms with E-state index >= 15 is 0 Å². The number of hydrogen-bond donors (Lipinski definition) is 1. The van der Waals surface area contributed by atoms with Gasteiger partial charge in [0.1, 0.15) is 5.75 Å². The molecule has 0 amide bonds. The highest BCUT2D eigenvalue weighted by atomic mass is 35.5. The number of aliphatic carboxylic acids is 1. The second kappa shape index (κ2) is 6.50. The topological polar surface area (TPSA) is 46.5 Å². The summed E-state index contributed by atoms with van der Waals surface area (Å²) in [5.41, 5.74) is 0.895. The first-order valence-corrected chi connectivity index (χ1v) is 6.05. The smallest absolute Gasteiger partial charge is 0.303 e. The van der Waals surface area contributed by atoms with Gasteiger partial charge in [-0.05, 0) is 38.0 Å². The summed E-state index contributed by atoms with van der Waals surface area (Å²) in [7, 11) is 0. The van der Waals surface area contributed by atoms with Crippen molar-refractivity contribution in [1.82, 2.24) is 0 Å². The van der Waals surface area contributed by atoms with E-state index in [0.717, 1.165) is 11.3 Å². The van der Waals surface area contributed by atoms with Gasteiger partial charge in [0.2, 0.25) is 0 Å². The summed E-state index contributed by atoms with van der Waals surface area (Å²) in [4.78, 5) is 10.5. The van der Waals surface area contributed by atoms with Crippen LogP contribution < -0.4 is 4.74 Å². The molecule has 0 aromatic heterocycles. The molecular weight excluding hydrogens is 240 g/mol. The number of carbonyl (C=O) groups is 1. The third kappa shape index (κ3) is 5.09. The predicted molar refractivity (Wildman–Crippen MR) is 67.7 cm³/mol. The van der Waals surface area contributed by atoms with Crippen molar-refractivity contribution < 1.29 is 14.6 Å². The Morgan fingerprint density at radius 3 is 2.76 bits per heavy atom. The van der Waals surface area contributed by atoms with Crippen molar-refractivity contribution in [2.45, 2.75) is 38.2 Å². The lowest BCUT2D eigenvalue weighted by Gasteiger charge is -2.13. The summed E-state index contributed by atoms with van der Waals surface area (Å²) < 4.78 is 5.56. The molecule has 4 heteroatoms. The zero-order chi connectivity index (χ0) is 12.8. The SMILES string of the molecule is CC(C)Oc1cccc(C(Cl)CCC(=O)O)c1. The average Bonchev–Trinajstić information content (AvgIpc) is 2.25. The van der Waals surface area contributed by atoms with E-state index < -0.39 is 5.97 Å². The first-order valence-electron chi connectivity index (χ1n) is 5.61. The Balaban J connectivity index is 2.66. The second-order valence-electron chi connectivity index (χ2n) is 4.14. The lowest BCUT2D eigenvalue weighted by Crippen LogP contribution is -2.06. The number of hydrogen-bond acceptors (Lipinski definition) is 2. The molecule has 0 heterocycles. The monoisotopic (exact) mass is 256 g/mol. The standard InChI is InChI=1S/C13H17ClO3/c1-9(2)17-11-5-3-4-10(8-11)12(14)6-7-13(15)16/h3-5,8-9,12H,6-7H2,1-2H3,(H,15,16). The Hall–Kier alpha value is -1.22. The number of halogens is 1. The van der Waals surface area contributed by atoms with Gasteiger partial charge < -0.3 is 9.84 Å². The van der Waals surface area contributed by atoms with Gasteiger partial charge in [-0.2, -0.15) is 0 Å². The largest absolute Gasteiger partial charge is 0.491 e. The van der Waals surface area contributed by atoms with Gasteiger partial charge in [0, 0.05) is 6.42 Å². The molecule has 1 unspecified atom stereocenters. The Kier molecular flexibility index (Phi) is 5.29. The van der Waals surface area contributed by atoms with E-state index in [0.29, 0.717) is 6.42 Å². The normalized spacial score (nSPS) is 12.5. The maximum Gasteiger partial charge on any atom is 0.303 e. The minimum Gasteiger partial charge on any atom is -0.491 e. The van der Waals surface area contributed by atoms with Crippen LogP contribution in [0.4, 0.5) is 0 Å². The van der Waals surface area contributed by atoms with Crippen LogP contribution in [0.2, 0.25) is 0 Å². The number of rotatable bonds is 6. The zero-order valence-corrected chi connectivity index (χ0v) is 10.8. The fraction of sp³-hybridized carbons (Fsp3) is 0.462. The van der Waals surface area contributed by atoms with Crippen LogP contribution in [-0.4, -0.2) is 17.2 Å². The molecule has 0 fully saturated rings. The van der Waals surface area contributed by atoms with Gasteiger partial charge in [-0.1, -0.05) is 12.1 Å². The van der Waals surface area contributed by atoms with Gasteiger partial charge in [0.15, 0.2) is 0 Å². The molecule has 0 spiro atoms. The minimum absolute atomic E-state index is 0.0728. The van der Waals surface area contributed by atoms with Crippen LogP contribution in [0.5, 0.6) is 5.75 Å². The van der Waals surface area contributed by atoms with E-state index in [4.69, 9.17) is 21.4 Å². The van der Waals surface area contributed by atoms with E-state index in [1.54, 1.807) is 0 Å². The molecule has 0 aliphatic heterocycles. The summed E-state index contributed by atoms with van der Waals surface area (Å²) in [6, 6.07) is 7.47. The summed E-state index contributed by atoms with van der Waals surface area (Å²) in [6.45, 7) is 3.91. The Labute approximate surface area is 106 Å². The molecule has 1 aromatic carbocycles. The summed E-state index contributed by atoms with van der Waals surface area (Å²) in [5.74, 6) is -0.0660. The van der Waals surface area contributed by atoms with Gasteiger partial charge in [-0.25, -0.2) is 0 Å². The molecule has 1 N–H and O–H groups in total. The molecule has 0 aliphatic rings. The Morgan fingerprint density at radius 1 is 1.47 bits per heavy atom. The molecule has 0 saturated carbocycles. The third-order valence-corrected chi connectivity index (χ3v) is 2.67. The lowest BCUT2D eigenvalue weighted by atomic mass is 10.1. The summed E-state index contributed by atoms with van der Waals surface area (Å²) in [6.07, 6.45) is 0.601. The maximum atomic E-state index is 10.5. The van der Waals surface area contributed by atoms with Crippen molar-refractivity contribution in [1.29, 1.82) is 0 Å². The number of benzene rings is 1. The molecule has 17 heavy (non-hydrogen) atoms. The van der Waals surface area contributed by atoms with E-state index in [2.05, 4.69) is 0 Å². The molecule has 0 radical (unpaired) electrons. The molecule has 3 nitrogen and oxygen atoms in total. The molecule has 1 atom stereocenters. The van der Waals surface area contributed by atoms with E-state index in [9.17, 15) is 4.79 Å². The van der Waals surface area contributed by atoms with Crippen LogP contribution in [0.3, 0.4) is 0 Å². The molecule has 94 valence electrons. The first-order chi connectivity index (χ1) is 7.99. The van der Waals surface area contributed by atoms with Crippen LogP contribution in [-0.2, 0) is 4.79 Å². The second-order valence-corrected chi connectivity index (χ2v) is 4.67. The third-order valence-electron chi connectivity index (χ3n) is 2.20. The number of carboxylic acids is 1. The maximum absolute atomic E-state index is 10.5. The molecule has 0 aliphatic carbocycles. The van der Waals surface area contributed by atoms with E-state index in [-0.39, 0.29) is 17.9 Å². The average molecular weight is 257 g/mol. The van der Waals surface area contributed by atoms with Crippen LogP contribution in [0.15, 0.2) is 24.3 Å². The molecule has 0 bridgehead atoms. The number of carboxylic acid groups (broad SMARTS) is 1. The van der Waals surface area contributed by atoms with Crippen LogP contribution in [0.1, 0.15) is 37.6 Å². The van der Waals surface area contributed by atoms with Gasteiger partial charge in [-0.15, -0.1) is 11.6 Å². The fourth-order valence-electron chi connectivity index (χ4n) is 1.47. The van der Waals surface area contributed by atoms with Gasteiger partial charge in [0.05, 0.1) is 11.5 Å². The van der Waals surface area contributed by atoms with Crippen molar-refractivity contribution >= 4 is 17.6 Å². The molecule has 0 saturated heterocycles. The van der Waals surface area contributed by atoms with Crippen molar-refractivity contribution in [2.24, 2.45) is 0 Å². The van der Waals surface area contributed by atoms with Crippen molar-refractivity contribution in [3.05, 3.63) is 29.8 Å². The quantitative estimate of drug-likeness (QED) is 0.791. The van der Waals surface area contributed by atoms with Gasteiger partial charge in [-0.3, -0.25) is 4.79 Å². The van der Waals surface area contributed by atoms with E-state index in [1.807, 2.05) is 38.1 Å². The van der Waals surface area contributed by atoms with Crippen LogP contribution in [0.25, 0.3) is 0 Å². The van der Waals surface area contributed by atoms with Crippen LogP contribution >= 0.6 is 11.6 Å². The molecular formula is C13H17ClO3. The van der Waals surface area contributed by atoms with E-state index in [1.165, 1.54) is 0 Å². The fourth-order valence-corrected chi connectivity index (χ4v) is 1.72. The molecule has 1 aromatic rings. The number of ether oxygens (including phenoxy) is 1. The Morgan fingerprint density at radius 2 is 2.18 bits per heavy atom. The minimum atomic E-state index is -0.828. The highest BCUT2D eigenvalue weighted by Crippen LogP contribution is 2.28. The van der Waals surface area contributed by atoms with Crippen molar-refractivity contribution in [3.8, 4) is 5.75 Å².